The normalized spacial score (nSPS) is 11.3. The van der Waals surface area contributed by atoms with Gasteiger partial charge in [0.05, 0.1) is 0 Å². The predicted molar refractivity (Wildman–Crippen MR) is 228 cm³/mol. The Balaban J connectivity index is 1.11. The minimum Gasteiger partial charge on any atom is -0.455 e. The van der Waals surface area contributed by atoms with Gasteiger partial charge >= 0.3 is 0 Å². The number of rotatable bonds is 7. The van der Waals surface area contributed by atoms with E-state index in [4.69, 9.17) is 4.42 Å². The van der Waals surface area contributed by atoms with E-state index in [1.54, 1.807) is 0 Å². The van der Waals surface area contributed by atoms with Gasteiger partial charge in [-0.2, -0.15) is 0 Å². The predicted octanol–water partition coefficient (Wildman–Crippen LogP) is 14.9. The monoisotopic (exact) mass is 689 g/mol. The molecule has 254 valence electrons. The Kier molecular flexibility index (Phi) is 7.85. The van der Waals surface area contributed by atoms with Crippen molar-refractivity contribution in [2.24, 2.45) is 0 Å². The van der Waals surface area contributed by atoms with Crippen LogP contribution >= 0.6 is 0 Å². The van der Waals surface area contributed by atoms with Crippen LogP contribution in [-0.4, -0.2) is 0 Å². The molecular formula is C52H35NO. The van der Waals surface area contributed by atoms with Crippen LogP contribution in [0.15, 0.2) is 217 Å². The summed E-state index contributed by atoms with van der Waals surface area (Å²) >= 11 is 0. The van der Waals surface area contributed by atoms with Gasteiger partial charge in [-0.1, -0.05) is 158 Å². The van der Waals surface area contributed by atoms with Gasteiger partial charge in [-0.05, 0) is 104 Å². The lowest BCUT2D eigenvalue weighted by Crippen LogP contribution is -2.10. The third-order valence-electron chi connectivity index (χ3n) is 10.4. The average molecular weight is 690 g/mol. The summed E-state index contributed by atoms with van der Waals surface area (Å²) in [6.45, 7) is 0. The molecule has 0 saturated heterocycles. The maximum absolute atomic E-state index is 6.64. The molecule has 0 aliphatic rings. The van der Waals surface area contributed by atoms with E-state index in [9.17, 15) is 0 Å². The Labute approximate surface area is 314 Å². The highest BCUT2D eigenvalue weighted by molar-refractivity contribution is 6.13. The molecule has 0 aliphatic carbocycles. The molecule has 0 spiro atoms. The number of fused-ring (bicyclic) bond motifs is 4. The van der Waals surface area contributed by atoms with Crippen molar-refractivity contribution in [1.82, 2.24) is 0 Å². The van der Waals surface area contributed by atoms with Gasteiger partial charge in [-0.25, -0.2) is 0 Å². The first-order valence-electron chi connectivity index (χ1n) is 18.4. The molecule has 0 amide bonds. The van der Waals surface area contributed by atoms with Gasteiger partial charge in [0.2, 0.25) is 0 Å². The Morgan fingerprint density at radius 3 is 1.59 bits per heavy atom. The first kappa shape index (κ1) is 31.6. The van der Waals surface area contributed by atoms with E-state index >= 15 is 0 Å². The zero-order valence-corrected chi connectivity index (χ0v) is 29.6. The Hall–Kier alpha value is -7.16. The van der Waals surface area contributed by atoms with E-state index in [1.807, 2.05) is 0 Å². The Morgan fingerprint density at radius 2 is 0.833 bits per heavy atom. The highest BCUT2D eigenvalue weighted by Gasteiger charge is 2.18. The molecule has 0 unspecified atom stereocenters. The van der Waals surface area contributed by atoms with Crippen LogP contribution < -0.4 is 4.90 Å². The fraction of sp³-hybridized carbons (Fsp3) is 0. The minimum absolute atomic E-state index is 0.884. The van der Waals surface area contributed by atoms with E-state index in [0.29, 0.717) is 0 Å². The summed E-state index contributed by atoms with van der Waals surface area (Å²) in [4.78, 5) is 2.37. The zero-order chi connectivity index (χ0) is 35.8. The molecule has 54 heavy (non-hydrogen) atoms. The molecule has 10 aromatic rings. The fourth-order valence-corrected chi connectivity index (χ4v) is 7.83. The largest absolute Gasteiger partial charge is 0.455 e. The van der Waals surface area contributed by atoms with Gasteiger partial charge in [-0.15, -0.1) is 0 Å². The van der Waals surface area contributed by atoms with Gasteiger partial charge < -0.3 is 9.32 Å². The topological polar surface area (TPSA) is 16.4 Å². The van der Waals surface area contributed by atoms with Crippen LogP contribution in [-0.2, 0) is 0 Å². The molecule has 0 atom stereocenters. The van der Waals surface area contributed by atoms with Gasteiger partial charge in [-0.3, -0.25) is 0 Å². The van der Waals surface area contributed by atoms with Crippen molar-refractivity contribution in [2.45, 2.75) is 0 Å². The maximum atomic E-state index is 6.64. The molecule has 0 aliphatic heterocycles. The molecule has 0 bridgehead atoms. The number of anilines is 3. The molecule has 1 aromatic heterocycles. The van der Waals surface area contributed by atoms with Gasteiger partial charge in [0, 0.05) is 33.4 Å². The third-order valence-corrected chi connectivity index (χ3v) is 10.4. The van der Waals surface area contributed by atoms with Gasteiger partial charge in [0.1, 0.15) is 11.2 Å². The van der Waals surface area contributed by atoms with Gasteiger partial charge in [0.15, 0.2) is 0 Å². The molecule has 2 heteroatoms. The number of benzene rings is 9. The van der Waals surface area contributed by atoms with Crippen LogP contribution in [0, 0.1) is 0 Å². The number of nitrogens with zero attached hydrogens (tertiary/aromatic N) is 1. The molecule has 1 heterocycles. The molecule has 2 nitrogen and oxygen atoms in total. The molecule has 0 fully saturated rings. The first-order valence-corrected chi connectivity index (χ1v) is 18.4. The van der Waals surface area contributed by atoms with Crippen LogP contribution in [0.5, 0.6) is 0 Å². The molecule has 9 aromatic carbocycles. The van der Waals surface area contributed by atoms with Crippen molar-refractivity contribution in [3.05, 3.63) is 212 Å². The standard InChI is InChI=1S/C52H35NO/c1-4-15-36(16-5-1)41-31-42(37-17-6-2-7-18-37)34-45(33-41)53(43-22-8-3-9-23-43)44-24-12-21-39(32-44)40-29-30-51-50(35-40)49-28-14-27-48(52(49)54-51)47-26-13-20-38-19-10-11-25-46(38)47/h1-35H. The average Bonchev–Trinajstić information content (AvgIpc) is 3.63. The first-order chi connectivity index (χ1) is 26.8. The van der Waals surface area contributed by atoms with Crippen molar-refractivity contribution in [3.63, 3.8) is 0 Å². The quantitative estimate of drug-likeness (QED) is 0.166. The molecule has 0 radical (unpaired) electrons. The molecule has 0 saturated carbocycles. The van der Waals surface area contributed by atoms with E-state index in [-0.39, 0.29) is 0 Å². The van der Waals surface area contributed by atoms with E-state index < -0.39 is 0 Å². The summed E-state index contributed by atoms with van der Waals surface area (Å²) in [5, 5.41) is 4.67. The summed E-state index contributed by atoms with van der Waals surface area (Å²) in [6, 6.07) is 75.8. The third kappa shape index (κ3) is 5.71. The lowest BCUT2D eigenvalue weighted by molar-refractivity contribution is 0.670. The van der Waals surface area contributed by atoms with Crippen LogP contribution in [0.2, 0.25) is 0 Å². The number of hydrogen-bond donors (Lipinski definition) is 0. The lowest BCUT2D eigenvalue weighted by atomic mass is 9.96. The van der Waals surface area contributed by atoms with Crippen molar-refractivity contribution in [1.29, 1.82) is 0 Å². The number of hydrogen-bond acceptors (Lipinski definition) is 2. The second-order valence-corrected chi connectivity index (χ2v) is 13.7. The smallest absolute Gasteiger partial charge is 0.143 e. The van der Waals surface area contributed by atoms with Crippen molar-refractivity contribution in [3.8, 4) is 44.5 Å². The Bertz CT molecular complexity index is 2860. The minimum atomic E-state index is 0.884. The Morgan fingerprint density at radius 1 is 0.296 bits per heavy atom. The fourth-order valence-electron chi connectivity index (χ4n) is 7.83. The van der Waals surface area contributed by atoms with E-state index in [0.717, 1.165) is 55.7 Å². The molecular weight excluding hydrogens is 655 g/mol. The SMILES string of the molecule is c1ccc(-c2cc(-c3ccccc3)cc(N(c3ccccc3)c3cccc(-c4ccc5oc6c(-c7cccc8ccccc78)cccc6c5c4)c3)c2)cc1. The molecule has 10 rings (SSSR count). The van der Waals surface area contributed by atoms with Crippen LogP contribution in [0.3, 0.4) is 0 Å². The maximum Gasteiger partial charge on any atom is 0.143 e. The highest BCUT2D eigenvalue weighted by atomic mass is 16.3. The van der Waals surface area contributed by atoms with Crippen LogP contribution in [0.4, 0.5) is 17.1 Å². The second kappa shape index (κ2) is 13.4. The second-order valence-electron chi connectivity index (χ2n) is 13.7. The van der Waals surface area contributed by atoms with Crippen molar-refractivity contribution >= 4 is 49.8 Å². The van der Waals surface area contributed by atoms with E-state index in [1.165, 1.54) is 38.6 Å². The summed E-state index contributed by atoms with van der Waals surface area (Å²) in [5.41, 5.74) is 14.3. The summed E-state index contributed by atoms with van der Waals surface area (Å²) < 4.78 is 6.64. The van der Waals surface area contributed by atoms with Crippen molar-refractivity contribution in [2.75, 3.05) is 4.90 Å². The van der Waals surface area contributed by atoms with Gasteiger partial charge in [0.25, 0.3) is 0 Å². The summed E-state index contributed by atoms with van der Waals surface area (Å²) in [6.07, 6.45) is 0. The highest BCUT2D eigenvalue weighted by Crippen LogP contribution is 2.43. The zero-order valence-electron chi connectivity index (χ0n) is 29.6. The van der Waals surface area contributed by atoms with Crippen molar-refractivity contribution < 1.29 is 4.42 Å². The summed E-state index contributed by atoms with van der Waals surface area (Å²) in [5.74, 6) is 0. The summed E-state index contributed by atoms with van der Waals surface area (Å²) in [7, 11) is 0. The van der Waals surface area contributed by atoms with Crippen LogP contribution in [0.1, 0.15) is 0 Å². The number of furan rings is 1. The molecule has 0 N–H and O–H groups in total. The van der Waals surface area contributed by atoms with Crippen LogP contribution in [0.25, 0.3) is 77.2 Å². The number of para-hydroxylation sites is 2. The van der Waals surface area contributed by atoms with E-state index in [2.05, 4.69) is 217 Å². The lowest BCUT2D eigenvalue weighted by Gasteiger charge is -2.27.